The van der Waals surface area contributed by atoms with Crippen LogP contribution in [-0.4, -0.2) is 35.9 Å². The van der Waals surface area contributed by atoms with E-state index in [2.05, 4.69) is 51.4 Å². The molecule has 0 saturated carbocycles. The van der Waals surface area contributed by atoms with Crippen molar-refractivity contribution in [1.82, 2.24) is 20.4 Å². The summed E-state index contributed by atoms with van der Waals surface area (Å²) in [5.41, 5.74) is 1.38. The van der Waals surface area contributed by atoms with Gasteiger partial charge in [-0.3, -0.25) is 9.67 Å². The maximum Gasteiger partial charge on any atom is 0.191 e. The lowest BCUT2D eigenvalue weighted by atomic mass is 10.1. The average Bonchev–Trinajstić information content (AvgIpc) is 3.20. The Morgan fingerprint density at radius 3 is 2.74 bits per heavy atom. The van der Waals surface area contributed by atoms with Crippen molar-refractivity contribution >= 4 is 41.3 Å². The second-order valence-electron chi connectivity index (χ2n) is 5.63. The zero-order valence-electron chi connectivity index (χ0n) is 13.9. The lowest BCUT2D eigenvalue weighted by Gasteiger charge is -2.18. The highest BCUT2D eigenvalue weighted by atomic mass is 127. The van der Waals surface area contributed by atoms with Gasteiger partial charge in [0, 0.05) is 39.1 Å². The van der Waals surface area contributed by atoms with Crippen molar-refractivity contribution in [3.05, 3.63) is 40.8 Å². The Morgan fingerprint density at radius 2 is 2.13 bits per heavy atom. The van der Waals surface area contributed by atoms with Crippen molar-refractivity contribution in [2.45, 2.75) is 26.3 Å². The molecule has 0 spiro atoms. The van der Waals surface area contributed by atoms with E-state index in [1.54, 1.807) is 11.3 Å². The Hall–Kier alpha value is -1.09. The molecule has 0 radical (unpaired) electrons. The second kappa shape index (κ2) is 10.6. The summed E-state index contributed by atoms with van der Waals surface area (Å²) in [6.45, 7) is 7.08. The van der Waals surface area contributed by atoms with E-state index in [1.807, 2.05) is 30.2 Å². The molecule has 2 heterocycles. The van der Waals surface area contributed by atoms with Gasteiger partial charge in [0.25, 0.3) is 0 Å². The predicted octanol–water partition coefficient (Wildman–Crippen LogP) is 3.17. The Bertz CT molecular complexity index is 553. The minimum Gasteiger partial charge on any atom is -0.356 e. The van der Waals surface area contributed by atoms with E-state index in [0.29, 0.717) is 11.8 Å². The summed E-state index contributed by atoms with van der Waals surface area (Å²) in [6.07, 6.45) is 3.80. The predicted molar refractivity (Wildman–Crippen MR) is 109 cm³/mol. The van der Waals surface area contributed by atoms with Gasteiger partial charge in [-0.15, -0.1) is 24.0 Å². The van der Waals surface area contributed by atoms with Gasteiger partial charge in [-0.25, -0.2) is 0 Å². The van der Waals surface area contributed by atoms with E-state index < -0.39 is 0 Å². The van der Waals surface area contributed by atoms with Crippen LogP contribution in [0.4, 0.5) is 0 Å². The van der Waals surface area contributed by atoms with E-state index in [1.165, 1.54) is 5.56 Å². The standard InChI is InChI=1S/C16H25N5S.HI/c1-13(11-21-7-4-6-20-21)9-18-16(17-3)19-10-14(2)15-5-8-22-12-15;/h4-8,12-14H,9-11H2,1-3H3,(H2,17,18,19);1H. The fourth-order valence-electron chi connectivity index (χ4n) is 2.21. The smallest absolute Gasteiger partial charge is 0.191 e. The number of nitrogens with one attached hydrogen (secondary N) is 2. The third-order valence-electron chi connectivity index (χ3n) is 3.59. The van der Waals surface area contributed by atoms with Crippen LogP contribution >= 0.6 is 35.3 Å². The third-order valence-corrected chi connectivity index (χ3v) is 4.29. The first-order valence-electron chi connectivity index (χ1n) is 7.63. The van der Waals surface area contributed by atoms with Crippen molar-refractivity contribution in [3.63, 3.8) is 0 Å². The van der Waals surface area contributed by atoms with Crippen LogP contribution in [-0.2, 0) is 6.54 Å². The Balaban J connectivity index is 0.00000264. The summed E-state index contributed by atoms with van der Waals surface area (Å²) in [5, 5.41) is 15.3. The summed E-state index contributed by atoms with van der Waals surface area (Å²) in [4.78, 5) is 4.28. The van der Waals surface area contributed by atoms with Gasteiger partial charge < -0.3 is 10.6 Å². The average molecular weight is 447 g/mol. The normalized spacial score (nSPS) is 14.0. The molecular weight excluding hydrogens is 421 g/mol. The van der Waals surface area contributed by atoms with Crippen LogP contribution in [0.1, 0.15) is 25.3 Å². The highest BCUT2D eigenvalue weighted by Gasteiger charge is 2.08. The van der Waals surface area contributed by atoms with Crippen LogP contribution in [0, 0.1) is 5.92 Å². The minimum absolute atomic E-state index is 0. The van der Waals surface area contributed by atoms with Gasteiger partial charge in [-0.1, -0.05) is 13.8 Å². The van der Waals surface area contributed by atoms with Crippen molar-refractivity contribution in [2.24, 2.45) is 10.9 Å². The van der Waals surface area contributed by atoms with Crippen LogP contribution in [0.5, 0.6) is 0 Å². The largest absolute Gasteiger partial charge is 0.356 e. The molecule has 7 heteroatoms. The SMILES string of the molecule is CN=C(NCC(C)Cn1cccn1)NCC(C)c1ccsc1.I. The van der Waals surface area contributed by atoms with E-state index in [-0.39, 0.29) is 24.0 Å². The molecule has 2 aromatic rings. The molecule has 2 unspecified atom stereocenters. The molecule has 2 rings (SSSR count). The number of hydrogen-bond acceptors (Lipinski definition) is 3. The lowest BCUT2D eigenvalue weighted by molar-refractivity contribution is 0.443. The summed E-state index contributed by atoms with van der Waals surface area (Å²) in [6, 6.07) is 4.13. The highest BCUT2D eigenvalue weighted by Crippen LogP contribution is 2.16. The van der Waals surface area contributed by atoms with E-state index in [9.17, 15) is 0 Å². The monoisotopic (exact) mass is 447 g/mol. The highest BCUT2D eigenvalue weighted by molar-refractivity contribution is 14.0. The molecule has 0 bridgehead atoms. The molecule has 0 aromatic carbocycles. The van der Waals surface area contributed by atoms with Crippen molar-refractivity contribution < 1.29 is 0 Å². The number of thiophene rings is 1. The molecule has 2 aromatic heterocycles. The van der Waals surface area contributed by atoms with Gasteiger partial charge in [0.05, 0.1) is 0 Å². The number of hydrogen-bond donors (Lipinski definition) is 2. The first-order chi connectivity index (χ1) is 10.7. The summed E-state index contributed by atoms with van der Waals surface area (Å²) < 4.78 is 1.96. The van der Waals surface area contributed by atoms with Crippen molar-refractivity contribution in [3.8, 4) is 0 Å². The molecule has 2 atom stereocenters. The van der Waals surface area contributed by atoms with Gasteiger partial charge in [0.2, 0.25) is 0 Å². The van der Waals surface area contributed by atoms with Crippen LogP contribution in [0.3, 0.4) is 0 Å². The summed E-state index contributed by atoms with van der Waals surface area (Å²) in [7, 11) is 1.81. The third kappa shape index (κ3) is 6.90. The molecule has 2 N–H and O–H groups in total. The summed E-state index contributed by atoms with van der Waals surface area (Å²) in [5.74, 6) is 1.81. The number of guanidine groups is 1. The molecular formula is C16H26IN5S. The minimum atomic E-state index is 0. The number of aromatic nitrogens is 2. The van der Waals surface area contributed by atoms with Gasteiger partial charge in [0.1, 0.15) is 0 Å². The van der Waals surface area contributed by atoms with E-state index in [4.69, 9.17) is 0 Å². The van der Waals surface area contributed by atoms with Crippen molar-refractivity contribution in [1.29, 1.82) is 0 Å². The van der Waals surface area contributed by atoms with Gasteiger partial charge in [-0.2, -0.15) is 16.4 Å². The molecule has 0 amide bonds. The number of aliphatic imine (C=N–C) groups is 1. The number of nitrogens with zero attached hydrogens (tertiary/aromatic N) is 3. The van der Waals surface area contributed by atoms with Crippen LogP contribution in [0.2, 0.25) is 0 Å². The molecule has 0 fully saturated rings. The maximum absolute atomic E-state index is 4.28. The number of halogens is 1. The topological polar surface area (TPSA) is 54.2 Å². The molecule has 23 heavy (non-hydrogen) atoms. The van der Waals surface area contributed by atoms with Gasteiger partial charge >= 0.3 is 0 Å². The van der Waals surface area contributed by atoms with Gasteiger partial charge in [0.15, 0.2) is 5.96 Å². The lowest BCUT2D eigenvalue weighted by Crippen LogP contribution is -2.41. The second-order valence-corrected chi connectivity index (χ2v) is 6.41. The first kappa shape index (κ1) is 20.0. The van der Waals surface area contributed by atoms with E-state index in [0.717, 1.165) is 25.6 Å². The molecule has 128 valence electrons. The van der Waals surface area contributed by atoms with Crippen molar-refractivity contribution in [2.75, 3.05) is 20.1 Å². The Morgan fingerprint density at radius 1 is 1.35 bits per heavy atom. The summed E-state index contributed by atoms with van der Waals surface area (Å²) >= 11 is 1.74. The fraction of sp³-hybridized carbons (Fsp3) is 0.500. The Labute approximate surface area is 159 Å². The molecule has 0 aliphatic carbocycles. The zero-order chi connectivity index (χ0) is 15.8. The van der Waals surface area contributed by atoms with Crippen LogP contribution < -0.4 is 10.6 Å². The number of rotatable bonds is 7. The van der Waals surface area contributed by atoms with Gasteiger partial charge in [-0.05, 0) is 40.3 Å². The molecule has 0 saturated heterocycles. The molecule has 0 aliphatic rings. The molecule has 5 nitrogen and oxygen atoms in total. The van der Waals surface area contributed by atoms with Crippen LogP contribution in [0.25, 0.3) is 0 Å². The first-order valence-corrected chi connectivity index (χ1v) is 8.57. The van der Waals surface area contributed by atoms with Crippen LogP contribution in [0.15, 0.2) is 40.3 Å². The fourth-order valence-corrected chi connectivity index (χ4v) is 2.99. The Kier molecular flexibility index (Phi) is 9.23. The molecule has 0 aliphatic heterocycles. The van der Waals surface area contributed by atoms with E-state index >= 15 is 0 Å². The quantitative estimate of drug-likeness (QED) is 0.390. The maximum atomic E-state index is 4.28. The zero-order valence-corrected chi connectivity index (χ0v) is 17.0.